The van der Waals surface area contributed by atoms with Gasteiger partial charge in [0.15, 0.2) is 11.0 Å². The van der Waals surface area contributed by atoms with Crippen molar-refractivity contribution in [3.8, 4) is 11.4 Å². The molecule has 4 rings (SSSR count). The number of nitrogens with zero attached hydrogens (tertiary/aromatic N) is 3. The normalized spacial score (nSPS) is 16.3. The van der Waals surface area contributed by atoms with Crippen molar-refractivity contribution in [2.45, 2.75) is 50.6 Å². The Balaban J connectivity index is 1.63. The number of thioether (sulfide) groups is 1. The van der Waals surface area contributed by atoms with Crippen LogP contribution in [0.25, 0.3) is 11.4 Å². The van der Waals surface area contributed by atoms with Crippen molar-refractivity contribution in [2.75, 3.05) is 0 Å². The SMILES string of the molecule is C=CCn1c(SCc2ccccc2C)nnc1-c1csc2c1CCC(C)C2. The molecule has 0 radical (unpaired) electrons. The number of allylic oxidation sites excluding steroid dienone is 1. The van der Waals surface area contributed by atoms with Crippen LogP contribution in [-0.4, -0.2) is 14.8 Å². The lowest BCUT2D eigenvalue weighted by Gasteiger charge is -2.19. The third-order valence-corrected chi connectivity index (χ3v) is 7.36. The highest BCUT2D eigenvalue weighted by Gasteiger charge is 2.24. The second-order valence-corrected chi connectivity index (χ2v) is 9.23. The molecular formula is C22H25N3S2. The van der Waals surface area contributed by atoms with E-state index >= 15 is 0 Å². The van der Waals surface area contributed by atoms with E-state index in [4.69, 9.17) is 0 Å². The summed E-state index contributed by atoms with van der Waals surface area (Å²) in [6, 6.07) is 8.53. The molecule has 2 heterocycles. The van der Waals surface area contributed by atoms with Crippen LogP contribution < -0.4 is 0 Å². The van der Waals surface area contributed by atoms with Gasteiger partial charge >= 0.3 is 0 Å². The zero-order chi connectivity index (χ0) is 18.8. The minimum atomic E-state index is 0.736. The average molecular weight is 396 g/mol. The Hall–Kier alpha value is -1.85. The number of aryl methyl sites for hydroxylation is 1. The highest BCUT2D eigenvalue weighted by molar-refractivity contribution is 7.98. The molecule has 140 valence electrons. The van der Waals surface area contributed by atoms with Crippen molar-refractivity contribution in [1.82, 2.24) is 14.8 Å². The lowest BCUT2D eigenvalue weighted by Crippen LogP contribution is -2.10. The standard InChI is InChI=1S/C22H25N3S2/c1-4-11-25-21(19-14-26-20-12-15(2)9-10-18(19)20)23-24-22(25)27-13-17-8-6-5-7-16(17)3/h4-8,14-15H,1,9-13H2,2-3H3. The summed E-state index contributed by atoms with van der Waals surface area (Å²) in [6.45, 7) is 9.19. The van der Waals surface area contributed by atoms with Crippen LogP contribution in [0.1, 0.15) is 34.9 Å². The van der Waals surface area contributed by atoms with Crippen molar-refractivity contribution >= 4 is 23.1 Å². The summed E-state index contributed by atoms with van der Waals surface area (Å²) in [5.74, 6) is 2.69. The summed E-state index contributed by atoms with van der Waals surface area (Å²) in [6.07, 6.45) is 5.55. The molecule has 0 fully saturated rings. The smallest absolute Gasteiger partial charge is 0.192 e. The minimum absolute atomic E-state index is 0.736. The van der Waals surface area contributed by atoms with Crippen LogP contribution in [0.5, 0.6) is 0 Å². The van der Waals surface area contributed by atoms with Crippen molar-refractivity contribution in [3.05, 3.63) is 63.9 Å². The van der Waals surface area contributed by atoms with Crippen LogP contribution in [-0.2, 0) is 25.1 Å². The molecule has 1 unspecified atom stereocenters. The van der Waals surface area contributed by atoms with Gasteiger partial charge in [-0.25, -0.2) is 0 Å². The maximum Gasteiger partial charge on any atom is 0.192 e. The second-order valence-electron chi connectivity index (χ2n) is 7.32. The predicted octanol–water partition coefficient (Wildman–Crippen LogP) is 5.92. The fraction of sp³-hybridized carbons (Fsp3) is 0.364. The van der Waals surface area contributed by atoms with E-state index in [-0.39, 0.29) is 0 Å². The molecule has 3 aromatic rings. The van der Waals surface area contributed by atoms with E-state index in [0.717, 1.165) is 35.6 Å². The lowest BCUT2D eigenvalue weighted by atomic mass is 9.88. The van der Waals surface area contributed by atoms with Gasteiger partial charge in [-0.3, -0.25) is 4.57 Å². The van der Waals surface area contributed by atoms with E-state index in [1.165, 1.54) is 40.0 Å². The third-order valence-electron chi connectivity index (χ3n) is 5.29. The van der Waals surface area contributed by atoms with Crippen molar-refractivity contribution < 1.29 is 0 Å². The minimum Gasteiger partial charge on any atom is -0.298 e. The molecule has 3 nitrogen and oxygen atoms in total. The number of hydrogen-bond acceptors (Lipinski definition) is 4. The number of fused-ring (bicyclic) bond motifs is 1. The fourth-order valence-corrected chi connectivity index (χ4v) is 5.93. The Morgan fingerprint density at radius 1 is 1.33 bits per heavy atom. The number of benzene rings is 1. The molecule has 2 aromatic heterocycles. The van der Waals surface area contributed by atoms with E-state index in [1.807, 2.05) is 17.4 Å². The van der Waals surface area contributed by atoms with Gasteiger partial charge in [-0.15, -0.1) is 28.1 Å². The Bertz CT molecular complexity index is 954. The first kappa shape index (κ1) is 18.5. The molecule has 1 aliphatic carbocycles. The van der Waals surface area contributed by atoms with Gasteiger partial charge < -0.3 is 0 Å². The van der Waals surface area contributed by atoms with E-state index in [0.29, 0.717) is 0 Å². The molecule has 1 aliphatic rings. The predicted molar refractivity (Wildman–Crippen MR) is 115 cm³/mol. The van der Waals surface area contributed by atoms with Gasteiger partial charge in [-0.2, -0.15) is 0 Å². The highest BCUT2D eigenvalue weighted by atomic mass is 32.2. The highest BCUT2D eigenvalue weighted by Crippen LogP contribution is 2.38. The Morgan fingerprint density at radius 3 is 3.00 bits per heavy atom. The zero-order valence-electron chi connectivity index (χ0n) is 15.9. The Morgan fingerprint density at radius 2 is 2.19 bits per heavy atom. The number of hydrogen-bond donors (Lipinski definition) is 0. The lowest BCUT2D eigenvalue weighted by molar-refractivity contribution is 0.508. The topological polar surface area (TPSA) is 30.7 Å². The number of rotatable bonds is 6. The molecule has 27 heavy (non-hydrogen) atoms. The van der Waals surface area contributed by atoms with Gasteiger partial charge in [0.1, 0.15) is 0 Å². The summed E-state index contributed by atoms with van der Waals surface area (Å²) >= 11 is 3.64. The molecule has 0 saturated carbocycles. The van der Waals surface area contributed by atoms with Crippen LogP contribution in [0.4, 0.5) is 0 Å². The summed E-state index contributed by atoms with van der Waals surface area (Å²) in [5, 5.41) is 12.4. The molecule has 0 spiro atoms. The van der Waals surface area contributed by atoms with Crippen LogP contribution >= 0.6 is 23.1 Å². The van der Waals surface area contributed by atoms with Gasteiger partial charge in [-0.1, -0.05) is 49.0 Å². The Kier molecular flexibility index (Phi) is 5.50. The van der Waals surface area contributed by atoms with Crippen LogP contribution in [0.2, 0.25) is 0 Å². The van der Waals surface area contributed by atoms with Crippen LogP contribution in [0.3, 0.4) is 0 Å². The van der Waals surface area contributed by atoms with E-state index in [9.17, 15) is 0 Å². The first-order valence-corrected chi connectivity index (χ1v) is 11.3. The number of aromatic nitrogens is 3. The molecule has 0 amide bonds. The van der Waals surface area contributed by atoms with Gasteiger partial charge in [0.2, 0.25) is 0 Å². The van der Waals surface area contributed by atoms with Gasteiger partial charge in [0.05, 0.1) is 0 Å². The maximum absolute atomic E-state index is 4.59. The van der Waals surface area contributed by atoms with Gasteiger partial charge in [0.25, 0.3) is 0 Å². The van der Waals surface area contributed by atoms with E-state index < -0.39 is 0 Å². The molecular weight excluding hydrogens is 370 g/mol. The van der Waals surface area contributed by atoms with Crippen molar-refractivity contribution in [3.63, 3.8) is 0 Å². The zero-order valence-corrected chi connectivity index (χ0v) is 17.6. The van der Waals surface area contributed by atoms with Crippen LogP contribution in [0, 0.1) is 12.8 Å². The monoisotopic (exact) mass is 395 g/mol. The average Bonchev–Trinajstić information content (AvgIpc) is 3.25. The largest absolute Gasteiger partial charge is 0.298 e. The fourth-order valence-electron chi connectivity index (χ4n) is 3.67. The summed E-state index contributed by atoms with van der Waals surface area (Å²) in [7, 11) is 0. The third kappa shape index (κ3) is 3.76. The van der Waals surface area contributed by atoms with E-state index in [2.05, 4.69) is 64.8 Å². The molecule has 0 saturated heterocycles. The molecule has 5 heteroatoms. The molecule has 0 aliphatic heterocycles. The van der Waals surface area contributed by atoms with Gasteiger partial charge in [-0.05, 0) is 48.8 Å². The maximum atomic E-state index is 4.59. The van der Waals surface area contributed by atoms with Gasteiger partial charge in [0, 0.05) is 28.1 Å². The summed E-state index contributed by atoms with van der Waals surface area (Å²) in [5.41, 5.74) is 5.44. The van der Waals surface area contributed by atoms with Crippen molar-refractivity contribution in [2.24, 2.45) is 5.92 Å². The Labute approximate surface area is 169 Å². The first-order valence-electron chi connectivity index (χ1n) is 9.48. The molecule has 0 N–H and O–H groups in total. The molecule has 1 atom stereocenters. The quantitative estimate of drug-likeness (QED) is 0.383. The second kappa shape index (κ2) is 8.03. The number of thiophene rings is 1. The molecule has 0 bridgehead atoms. The van der Waals surface area contributed by atoms with Crippen LogP contribution in [0.15, 0.2) is 47.5 Å². The first-order chi connectivity index (χ1) is 13.2. The summed E-state index contributed by atoms with van der Waals surface area (Å²) in [4.78, 5) is 1.53. The van der Waals surface area contributed by atoms with Crippen molar-refractivity contribution in [1.29, 1.82) is 0 Å². The van der Waals surface area contributed by atoms with E-state index in [1.54, 1.807) is 11.8 Å². The molecule has 1 aromatic carbocycles. The summed E-state index contributed by atoms with van der Waals surface area (Å²) < 4.78 is 2.22.